The molecule has 2 aromatic heterocycles. The number of halogens is 3. The number of aromatic nitrogens is 4. The normalized spacial score (nSPS) is 13.4. The number of hydrogen-bond acceptors (Lipinski definition) is 8. The third kappa shape index (κ3) is 5.35. The van der Waals surface area contributed by atoms with Crippen LogP contribution in [0.1, 0.15) is 29.0 Å². The molecule has 0 spiro atoms. The molecule has 0 saturated carbocycles. The van der Waals surface area contributed by atoms with Crippen molar-refractivity contribution in [3.63, 3.8) is 0 Å². The SMILES string of the molecule is C[C@](OC(=O)OCCl)(c1ccc(F)cc1F)C(Cn1cncn1)c1nc(-c2ccc(C#N)cc2)cs1. The Balaban J connectivity index is 1.83. The number of ether oxygens (including phenoxy) is 2. The van der Waals surface area contributed by atoms with Gasteiger partial charge in [0.2, 0.25) is 0 Å². The zero-order chi connectivity index (χ0) is 25.7. The minimum atomic E-state index is -1.72. The van der Waals surface area contributed by atoms with Crippen LogP contribution in [0.3, 0.4) is 0 Å². The molecular weight excluding hydrogens is 512 g/mol. The van der Waals surface area contributed by atoms with Crippen LogP contribution in [0.25, 0.3) is 11.3 Å². The molecule has 0 radical (unpaired) electrons. The van der Waals surface area contributed by atoms with Gasteiger partial charge in [-0.1, -0.05) is 23.7 Å². The molecule has 0 saturated heterocycles. The lowest BCUT2D eigenvalue weighted by Gasteiger charge is -2.36. The fourth-order valence-corrected chi connectivity index (χ4v) is 4.88. The first-order valence-corrected chi connectivity index (χ1v) is 11.9. The van der Waals surface area contributed by atoms with Crippen LogP contribution < -0.4 is 0 Å². The van der Waals surface area contributed by atoms with E-state index in [0.29, 0.717) is 22.3 Å². The molecule has 2 heterocycles. The van der Waals surface area contributed by atoms with E-state index in [9.17, 15) is 9.18 Å². The summed E-state index contributed by atoms with van der Waals surface area (Å²) >= 11 is 6.79. The van der Waals surface area contributed by atoms with Crippen molar-refractivity contribution in [2.75, 3.05) is 6.07 Å². The van der Waals surface area contributed by atoms with Crippen LogP contribution in [-0.4, -0.2) is 32.0 Å². The molecule has 0 fully saturated rings. The van der Waals surface area contributed by atoms with Crippen molar-refractivity contribution in [1.82, 2.24) is 19.7 Å². The van der Waals surface area contributed by atoms with Crippen LogP contribution >= 0.6 is 22.9 Å². The van der Waals surface area contributed by atoms with Crippen molar-refractivity contribution in [1.29, 1.82) is 5.26 Å². The molecule has 36 heavy (non-hydrogen) atoms. The fraction of sp³-hybridized carbons (Fsp3) is 0.208. The van der Waals surface area contributed by atoms with Crippen LogP contribution in [0.2, 0.25) is 0 Å². The highest BCUT2D eigenvalue weighted by Gasteiger charge is 2.45. The van der Waals surface area contributed by atoms with Gasteiger partial charge in [0, 0.05) is 22.6 Å². The van der Waals surface area contributed by atoms with Gasteiger partial charge in [0.05, 0.1) is 29.8 Å². The summed E-state index contributed by atoms with van der Waals surface area (Å²) in [7, 11) is 0. The van der Waals surface area contributed by atoms with Gasteiger partial charge in [0.15, 0.2) is 11.7 Å². The number of hydrogen-bond donors (Lipinski definition) is 0. The second kappa shape index (κ2) is 10.8. The minimum absolute atomic E-state index is 0.0851. The van der Waals surface area contributed by atoms with Gasteiger partial charge in [-0.25, -0.2) is 23.5 Å². The maximum atomic E-state index is 15.1. The molecule has 0 aliphatic heterocycles. The Hall–Kier alpha value is -3.88. The van der Waals surface area contributed by atoms with E-state index in [1.54, 1.807) is 29.6 Å². The summed E-state index contributed by atoms with van der Waals surface area (Å²) in [4.78, 5) is 21.1. The van der Waals surface area contributed by atoms with Crippen molar-refractivity contribution in [3.05, 3.63) is 88.3 Å². The third-order valence-electron chi connectivity index (χ3n) is 5.56. The van der Waals surface area contributed by atoms with E-state index in [0.717, 1.165) is 11.6 Å². The summed E-state index contributed by atoms with van der Waals surface area (Å²) in [5, 5.41) is 15.5. The molecule has 0 amide bonds. The van der Waals surface area contributed by atoms with Crippen LogP contribution in [-0.2, 0) is 21.6 Å². The summed E-state index contributed by atoms with van der Waals surface area (Å²) in [6.07, 6.45) is 1.66. The number of carbonyl (C=O) groups is 1. The molecule has 0 aliphatic carbocycles. The highest BCUT2D eigenvalue weighted by Crippen LogP contribution is 2.44. The number of carbonyl (C=O) groups excluding carboxylic acids is 1. The van der Waals surface area contributed by atoms with Gasteiger partial charge in [-0.3, -0.25) is 4.68 Å². The Morgan fingerprint density at radius 1 is 1.28 bits per heavy atom. The molecule has 2 atom stereocenters. The maximum absolute atomic E-state index is 15.1. The smallest absolute Gasteiger partial charge is 0.422 e. The molecule has 0 aliphatic rings. The first-order chi connectivity index (χ1) is 17.3. The van der Waals surface area contributed by atoms with Gasteiger partial charge in [-0.2, -0.15) is 10.4 Å². The lowest BCUT2D eigenvalue weighted by Crippen LogP contribution is -2.39. The number of alkyl halides is 1. The first kappa shape index (κ1) is 25.2. The van der Waals surface area contributed by atoms with Gasteiger partial charge < -0.3 is 9.47 Å². The molecule has 8 nitrogen and oxygen atoms in total. The number of rotatable bonds is 8. The molecule has 1 unspecified atom stereocenters. The molecule has 4 rings (SSSR count). The second-order valence-corrected chi connectivity index (χ2v) is 8.87. The van der Waals surface area contributed by atoms with Crippen molar-refractivity contribution >= 4 is 29.1 Å². The van der Waals surface area contributed by atoms with Crippen molar-refractivity contribution in [3.8, 4) is 17.3 Å². The van der Waals surface area contributed by atoms with Gasteiger partial charge in [0.1, 0.15) is 29.3 Å². The first-order valence-electron chi connectivity index (χ1n) is 10.5. The number of thiazole rings is 1. The van der Waals surface area contributed by atoms with Crippen LogP contribution in [0.5, 0.6) is 0 Å². The van der Waals surface area contributed by atoms with Crippen molar-refractivity contribution in [2.24, 2.45) is 0 Å². The number of nitriles is 1. The predicted molar refractivity (Wildman–Crippen MR) is 127 cm³/mol. The molecule has 0 N–H and O–H groups in total. The molecule has 4 aromatic rings. The van der Waals surface area contributed by atoms with E-state index in [2.05, 4.69) is 16.2 Å². The summed E-state index contributed by atoms with van der Waals surface area (Å²) in [5.41, 5.74) is 0.0631. The van der Waals surface area contributed by atoms with Gasteiger partial charge in [-0.15, -0.1) is 11.3 Å². The Morgan fingerprint density at radius 2 is 2.06 bits per heavy atom. The van der Waals surface area contributed by atoms with Crippen LogP contribution in [0, 0.1) is 23.0 Å². The van der Waals surface area contributed by atoms with Gasteiger partial charge in [0.25, 0.3) is 0 Å². The molecule has 2 aromatic carbocycles. The highest BCUT2D eigenvalue weighted by atomic mass is 35.5. The Morgan fingerprint density at radius 3 is 2.69 bits per heavy atom. The minimum Gasteiger partial charge on any atom is -0.422 e. The zero-order valence-corrected chi connectivity index (χ0v) is 20.3. The topological polar surface area (TPSA) is 103 Å². The molecule has 184 valence electrons. The zero-order valence-electron chi connectivity index (χ0n) is 18.8. The van der Waals surface area contributed by atoms with E-state index in [-0.39, 0.29) is 12.1 Å². The van der Waals surface area contributed by atoms with Crippen LogP contribution in [0.15, 0.2) is 60.5 Å². The summed E-state index contributed by atoms with van der Waals surface area (Å²) in [5.74, 6) is -2.50. The monoisotopic (exact) mass is 529 g/mol. The molecule has 0 bridgehead atoms. The van der Waals surface area contributed by atoms with E-state index < -0.39 is 35.4 Å². The van der Waals surface area contributed by atoms with E-state index in [4.69, 9.17) is 31.3 Å². The van der Waals surface area contributed by atoms with E-state index in [1.807, 2.05) is 0 Å². The fourth-order valence-electron chi connectivity index (χ4n) is 3.75. The van der Waals surface area contributed by atoms with E-state index in [1.165, 1.54) is 41.7 Å². The Labute approximate surface area is 213 Å². The largest absolute Gasteiger partial charge is 0.510 e. The lowest BCUT2D eigenvalue weighted by atomic mass is 9.82. The van der Waals surface area contributed by atoms with Crippen LogP contribution in [0.4, 0.5) is 13.6 Å². The highest BCUT2D eigenvalue weighted by molar-refractivity contribution is 7.10. The second-order valence-electron chi connectivity index (χ2n) is 7.77. The summed E-state index contributed by atoms with van der Waals surface area (Å²) in [6, 6.07) is 11.4. The Kier molecular flexibility index (Phi) is 7.57. The summed E-state index contributed by atoms with van der Waals surface area (Å²) in [6.45, 7) is 1.57. The quantitative estimate of drug-likeness (QED) is 0.216. The molecule has 12 heteroatoms. The Bertz CT molecular complexity index is 1390. The van der Waals surface area contributed by atoms with E-state index >= 15 is 4.39 Å². The van der Waals surface area contributed by atoms with Crippen molar-refractivity contribution in [2.45, 2.75) is 25.0 Å². The predicted octanol–water partition coefficient (Wildman–Crippen LogP) is 5.60. The average molecular weight is 530 g/mol. The molecular formula is C24H18ClF2N5O3S. The standard InChI is InChI=1S/C24H18ClF2N5O3S/c1-24(35-23(33)34-12-25,18-7-6-17(26)8-20(18)27)19(10-32-14-29-13-30-32)22-31-21(11-36-22)16-4-2-15(9-28)3-5-16/h2-8,11,13-14,19H,10,12H2,1H3/t19?,24-/m0/s1. The maximum Gasteiger partial charge on any atom is 0.510 e. The van der Waals surface area contributed by atoms with Gasteiger partial charge in [-0.05, 0) is 31.2 Å². The number of benzene rings is 2. The van der Waals surface area contributed by atoms with Gasteiger partial charge >= 0.3 is 6.16 Å². The number of nitrogens with zero attached hydrogens (tertiary/aromatic N) is 5. The third-order valence-corrected chi connectivity index (χ3v) is 6.63. The summed E-state index contributed by atoms with van der Waals surface area (Å²) < 4.78 is 40.8. The average Bonchev–Trinajstić information content (AvgIpc) is 3.55. The lowest BCUT2D eigenvalue weighted by molar-refractivity contribution is -0.0449. The van der Waals surface area contributed by atoms with Crippen molar-refractivity contribution < 1.29 is 23.0 Å².